The number of hydrogen-bond donors (Lipinski definition) is 1. The quantitative estimate of drug-likeness (QED) is 0.898. The van der Waals surface area contributed by atoms with Crippen molar-refractivity contribution in [3.63, 3.8) is 0 Å². The number of alkyl halides is 3. The van der Waals surface area contributed by atoms with E-state index in [9.17, 15) is 13.2 Å². The van der Waals surface area contributed by atoms with Crippen LogP contribution in [0.2, 0.25) is 0 Å². The van der Waals surface area contributed by atoms with Gasteiger partial charge < -0.3 is 5.32 Å². The maximum Gasteiger partial charge on any atom is 0.416 e. The van der Waals surface area contributed by atoms with Gasteiger partial charge in [-0.1, -0.05) is 36.4 Å². The third-order valence-corrected chi connectivity index (χ3v) is 4.64. The lowest BCUT2D eigenvalue weighted by atomic mass is 9.99. The highest BCUT2D eigenvalue weighted by atomic mass is 19.4. The molecule has 5 heteroatoms. The summed E-state index contributed by atoms with van der Waals surface area (Å²) in [6.07, 6.45) is -4.29. The minimum absolute atomic E-state index is 0.341. The lowest BCUT2D eigenvalue weighted by Crippen LogP contribution is -2.44. The first kappa shape index (κ1) is 17.0. The van der Waals surface area contributed by atoms with Crippen LogP contribution in [0.4, 0.5) is 13.2 Å². The Morgan fingerprint density at radius 2 is 1.38 bits per heavy atom. The van der Waals surface area contributed by atoms with Gasteiger partial charge >= 0.3 is 6.18 Å². The number of benzene rings is 2. The molecular formula is C19H21F3N2. The molecule has 0 saturated carbocycles. The van der Waals surface area contributed by atoms with E-state index in [0.29, 0.717) is 6.04 Å². The summed E-state index contributed by atoms with van der Waals surface area (Å²) >= 11 is 0. The molecule has 2 aromatic carbocycles. The van der Waals surface area contributed by atoms with E-state index in [4.69, 9.17) is 0 Å². The Labute approximate surface area is 140 Å². The number of nitrogens with zero attached hydrogens (tertiary/aromatic N) is 1. The molecule has 0 amide bonds. The number of halogens is 3. The van der Waals surface area contributed by atoms with Crippen LogP contribution in [0.3, 0.4) is 0 Å². The second kappa shape index (κ2) is 6.95. The molecule has 1 aliphatic heterocycles. The van der Waals surface area contributed by atoms with Crippen LogP contribution in [-0.2, 0) is 6.18 Å². The number of hydrogen-bond acceptors (Lipinski definition) is 2. The summed E-state index contributed by atoms with van der Waals surface area (Å²) in [7, 11) is 0. The zero-order valence-corrected chi connectivity index (χ0v) is 13.6. The summed E-state index contributed by atoms with van der Waals surface area (Å²) in [6.45, 7) is 6.27. The predicted molar refractivity (Wildman–Crippen MR) is 89.7 cm³/mol. The Hall–Kier alpha value is -1.85. The summed E-state index contributed by atoms with van der Waals surface area (Å²) in [5, 5.41) is 3.35. The summed E-state index contributed by atoms with van der Waals surface area (Å²) in [4.78, 5) is 2.43. The van der Waals surface area contributed by atoms with Crippen LogP contribution < -0.4 is 5.32 Å². The first-order chi connectivity index (χ1) is 11.4. The molecule has 2 aromatic rings. The van der Waals surface area contributed by atoms with E-state index in [1.54, 1.807) is 0 Å². The van der Waals surface area contributed by atoms with Crippen LogP contribution in [0.1, 0.15) is 24.1 Å². The van der Waals surface area contributed by atoms with Crippen molar-refractivity contribution >= 4 is 0 Å². The Morgan fingerprint density at radius 1 is 0.875 bits per heavy atom. The van der Waals surface area contributed by atoms with Gasteiger partial charge in [-0.3, -0.25) is 4.90 Å². The zero-order chi connectivity index (χ0) is 17.2. The van der Waals surface area contributed by atoms with Gasteiger partial charge in [0.15, 0.2) is 0 Å². The molecule has 24 heavy (non-hydrogen) atoms. The van der Waals surface area contributed by atoms with Crippen molar-refractivity contribution in [1.82, 2.24) is 10.2 Å². The molecule has 1 fully saturated rings. The maximum atomic E-state index is 12.6. The third kappa shape index (κ3) is 3.79. The Balaban J connectivity index is 1.74. The van der Waals surface area contributed by atoms with E-state index in [1.807, 2.05) is 12.1 Å². The number of piperazine rings is 1. The lowest BCUT2D eigenvalue weighted by Gasteiger charge is -2.33. The molecule has 0 spiro atoms. The average molecular weight is 334 g/mol. The van der Waals surface area contributed by atoms with Crippen molar-refractivity contribution in [2.75, 3.05) is 26.2 Å². The first-order valence-electron chi connectivity index (χ1n) is 8.17. The fourth-order valence-corrected chi connectivity index (χ4v) is 3.09. The first-order valence-corrected chi connectivity index (χ1v) is 8.17. The van der Waals surface area contributed by atoms with Gasteiger partial charge in [0.1, 0.15) is 0 Å². The monoisotopic (exact) mass is 334 g/mol. The molecule has 0 radical (unpaired) electrons. The Bertz CT molecular complexity index is 657. The molecular weight excluding hydrogens is 313 g/mol. The second-order valence-electron chi connectivity index (χ2n) is 6.16. The maximum absolute atomic E-state index is 12.6. The van der Waals surface area contributed by atoms with E-state index < -0.39 is 11.7 Å². The van der Waals surface area contributed by atoms with E-state index in [-0.39, 0.29) is 0 Å². The molecule has 128 valence electrons. The van der Waals surface area contributed by atoms with Gasteiger partial charge in [-0.2, -0.15) is 13.2 Å². The lowest BCUT2D eigenvalue weighted by molar-refractivity contribution is -0.137. The fourth-order valence-electron chi connectivity index (χ4n) is 3.09. The van der Waals surface area contributed by atoms with Crippen LogP contribution in [0.15, 0.2) is 48.5 Å². The predicted octanol–water partition coefficient (Wildman–Crippen LogP) is 4.34. The Morgan fingerprint density at radius 3 is 1.88 bits per heavy atom. The van der Waals surface area contributed by atoms with Crippen LogP contribution in [0.5, 0.6) is 0 Å². The molecule has 3 rings (SSSR count). The van der Waals surface area contributed by atoms with Crippen molar-refractivity contribution in [2.24, 2.45) is 0 Å². The summed E-state index contributed by atoms with van der Waals surface area (Å²) < 4.78 is 37.9. The highest BCUT2D eigenvalue weighted by molar-refractivity contribution is 5.64. The number of nitrogens with one attached hydrogen (secondary N) is 1. The molecule has 1 saturated heterocycles. The van der Waals surface area contributed by atoms with Gasteiger partial charge in [0.25, 0.3) is 0 Å². The SMILES string of the molecule is C[C@@H](c1ccc(-c2ccc(C(F)(F)F)cc2)cc1)N1CCNCC1. The van der Waals surface area contributed by atoms with Crippen LogP contribution >= 0.6 is 0 Å². The van der Waals surface area contributed by atoms with Gasteiger partial charge in [0, 0.05) is 32.2 Å². The topological polar surface area (TPSA) is 15.3 Å². The molecule has 1 N–H and O–H groups in total. The van der Waals surface area contributed by atoms with Gasteiger partial charge in [-0.25, -0.2) is 0 Å². The standard InChI is InChI=1S/C19H21F3N2/c1-14(24-12-10-23-11-13-24)15-2-4-16(5-3-15)17-6-8-18(9-7-17)19(20,21)22/h2-9,14,23H,10-13H2,1H3/t14-/m0/s1. The molecule has 0 aromatic heterocycles. The molecule has 0 bridgehead atoms. The highest BCUT2D eigenvalue weighted by Crippen LogP contribution is 2.31. The second-order valence-corrected chi connectivity index (χ2v) is 6.16. The van der Waals surface area contributed by atoms with Crippen LogP contribution in [0, 0.1) is 0 Å². The Kier molecular flexibility index (Phi) is 4.92. The van der Waals surface area contributed by atoms with Crippen LogP contribution in [-0.4, -0.2) is 31.1 Å². The molecule has 0 unspecified atom stereocenters. The van der Waals surface area contributed by atoms with Gasteiger partial charge in [-0.05, 0) is 35.7 Å². The minimum Gasteiger partial charge on any atom is -0.314 e. The van der Waals surface area contributed by atoms with Crippen LogP contribution in [0.25, 0.3) is 11.1 Å². The summed E-state index contributed by atoms with van der Waals surface area (Å²) in [5.41, 5.74) is 2.34. The summed E-state index contributed by atoms with van der Waals surface area (Å²) in [6, 6.07) is 13.8. The summed E-state index contributed by atoms with van der Waals surface area (Å²) in [5.74, 6) is 0. The average Bonchev–Trinajstić information content (AvgIpc) is 2.61. The fraction of sp³-hybridized carbons (Fsp3) is 0.368. The molecule has 0 aliphatic carbocycles. The molecule has 2 nitrogen and oxygen atoms in total. The minimum atomic E-state index is -4.29. The van der Waals surface area contributed by atoms with Gasteiger partial charge in [-0.15, -0.1) is 0 Å². The van der Waals surface area contributed by atoms with E-state index in [2.05, 4.69) is 29.3 Å². The van der Waals surface area contributed by atoms with E-state index >= 15 is 0 Å². The van der Waals surface area contributed by atoms with Gasteiger partial charge in [0.05, 0.1) is 5.56 Å². The zero-order valence-electron chi connectivity index (χ0n) is 13.6. The van der Waals surface area contributed by atoms with Crippen molar-refractivity contribution in [3.8, 4) is 11.1 Å². The van der Waals surface area contributed by atoms with Crippen molar-refractivity contribution < 1.29 is 13.2 Å². The highest BCUT2D eigenvalue weighted by Gasteiger charge is 2.29. The normalized spacial score (nSPS) is 17.7. The van der Waals surface area contributed by atoms with E-state index in [1.165, 1.54) is 17.7 Å². The molecule has 1 heterocycles. The largest absolute Gasteiger partial charge is 0.416 e. The molecule has 1 atom stereocenters. The third-order valence-electron chi connectivity index (χ3n) is 4.64. The van der Waals surface area contributed by atoms with E-state index in [0.717, 1.165) is 49.4 Å². The van der Waals surface area contributed by atoms with Crippen molar-refractivity contribution in [1.29, 1.82) is 0 Å². The van der Waals surface area contributed by atoms with Crippen molar-refractivity contribution in [3.05, 3.63) is 59.7 Å². The smallest absolute Gasteiger partial charge is 0.314 e. The number of rotatable bonds is 3. The van der Waals surface area contributed by atoms with Gasteiger partial charge in [0.2, 0.25) is 0 Å². The molecule has 1 aliphatic rings. The van der Waals surface area contributed by atoms with Crippen molar-refractivity contribution in [2.45, 2.75) is 19.1 Å².